The van der Waals surface area contributed by atoms with Gasteiger partial charge in [-0.3, -0.25) is 0 Å². The second-order valence-corrected chi connectivity index (χ2v) is 7.18. The number of nitrogens with zero attached hydrogens (tertiary/aromatic N) is 2. The van der Waals surface area contributed by atoms with E-state index in [0.717, 1.165) is 19.0 Å². The van der Waals surface area contributed by atoms with Crippen LogP contribution in [0.15, 0.2) is 24.3 Å². The predicted octanol–water partition coefficient (Wildman–Crippen LogP) is 3.11. The molecule has 1 saturated heterocycles. The first kappa shape index (κ1) is 14.7. The van der Waals surface area contributed by atoms with Crippen LogP contribution >= 0.6 is 0 Å². The van der Waals surface area contributed by atoms with Gasteiger partial charge in [-0.2, -0.15) is 0 Å². The molecule has 1 aromatic carbocycles. The Labute approximate surface area is 129 Å². The molecule has 3 heteroatoms. The van der Waals surface area contributed by atoms with Crippen molar-refractivity contribution < 1.29 is 0 Å². The van der Waals surface area contributed by atoms with Crippen LogP contribution in [0.25, 0.3) is 0 Å². The normalized spacial score (nSPS) is 29.5. The summed E-state index contributed by atoms with van der Waals surface area (Å²) in [6.07, 6.45) is 3.98. The Balaban J connectivity index is 1.87. The molecule has 2 fully saturated rings. The van der Waals surface area contributed by atoms with Crippen molar-refractivity contribution in [1.29, 1.82) is 0 Å². The highest BCUT2D eigenvalue weighted by atomic mass is 15.3. The summed E-state index contributed by atoms with van der Waals surface area (Å²) in [7, 11) is 4.23. The average Bonchev–Trinajstić information content (AvgIpc) is 3.32. The lowest BCUT2D eigenvalue weighted by Crippen LogP contribution is -2.64. The molecule has 21 heavy (non-hydrogen) atoms. The first-order valence-corrected chi connectivity index (χ1v) is 8.32. The van der Waals surface area contributed by atoms with E-state index in [9.17, 15) is 0 Å². The molecule has 3 nitrogen and oxygen atoms in total. The smallest absolute Gasteiger partial charge is 0.0412 e. The zero-order valence-corrected chi connectivity index (χ0v) is 13.9. The van der Waals surface area contributed by atoms with Crippen molar-refractivity contribution in [1.82, 2.24) is 5.32 Å². The summed E-state index contributed by atoms with van der Waals surface area (Å²) in [6.45, 7) is 6.96. The largest absolute Gasteiger partial charge is 0.378 e. The van der Waals surface area contributed by atoms with Crippen molar-refractivity contribution in [3.05, 3.63) is 24.3 Å². The Morgan fingerprint density at radius 2 is 2.10 bits per heavy atom. The zero-order chi connectivity index (χ0) is 15.0. The van der Waals surface area contributed by atoms with Gasteiger partial charge in [0.1, 0.15) is 0 Å². The molecular formula is C18H29N3. The van der Waals surface area contributed by atoms with Crippen LogP contribution in [0.2, 0.25) is 0 Å². The van der Waals surface area contributed by atoms with Gasteiger partial charge >= 0.3 is 0 Å². The quantitative estimate of drug-likeness (QED) is 0.918. The predicted molar refractivity (Wildman–Crippen MR) is 91.3 cm³/mol. The van der Waals surface area contributed by atoms with Gasteiger partial charge in [-0.1, -0.05) is 13.0 Å². The molecule has 2 atom stereocenters. The minimum Gasteiger partial charge on any atom is -0.378 e. The highest BCUT2D eigenvalue weighted by Crippen LogP contribution is 2.42. The second kappa shape index (κ2) is 5.53. The van der Waals surface area contributed by atoms with Crippen LogP contribution < -0.4 is 15.1 Å². The fourth-order valence-corrected chi connectivity index (χ4v) is 3.61. The lowest BCUT2D eigenvalue weighted by atomic mass is 9.90. The maximum Gasteiger partial charge on any atom is 0.0412 e. The average molecular weight is 287 g/mol. The van der Waals surface area contributed by atoms with E-state index in [1.165, 1.54) is 30.6 Å². The van der Waals surface area contributed by atoms with Gasteiger partial charge in [-0.15, -0.1) is 0 Å². The van der Waals surface area contributed by atoms with Gasteiger partial charge in [0, 0.05) is 50.1 Å². The summed E-state index contributed by atoms with van der Waals surface area (Å²) in [4.78, 5) is 4.83. The fourth-order valence-electron chi connectivity index (χ4n) is 3.61. The highest BCUT2D eigenvalue weighted by molar-refractivity contribution is 5.60. The Morgan fingerprint density at radius 1 is 1.33 bits per heavy atom. The molecule has 1 saturated carbocycles. The van der Waals surface area contributed by atoms with Crippen LogP contribution in [-0.2, 0) is 0 Å². The third kappa shape index (κ3) is 2.89. The van der Waals surface area contributed by atoms with E-state index < -0.39 is 0 Å². The minimum atomic E-state index is 0.291. The van der Waals surface area contributed by atoms with Crippen molar-refractivity contribution in [3.63, 3.8) is 0 Å². The lowest BCUT2D eigenvalue weighted by molar-refractivity contribution is 0.252. The molecule has 0 aromatic heterocycles. The fraction of sp³-hybridized carbons (Fsp3) is 0.667. The van der Waals surface area contributed by atoms with Crippen molar-refractivity contribution in [2.75, 3.05) is 37.0 Å². The summed E-state index contributed by atoms with van der Waals surface area (Å²) >= 11 is 0. The lowest BCUT2D eigenvalue weighted by Gasteiger charge is -2.48. The van der Waals surface area contributed by atoms with Gasteiger partial charge in [0.2, 0.25) is 0 Å². The maximum atomic E-state index is 3.84. The zero-order valence-electron chi connectivity index (χ0n) is 13.9. The second-order valence-electron chi connectivity index (χ2n) is 7.18. The number of rotatable bonds is 4. The van der Waals surface area contributed by atoms with Crippen molar-refractivity contribution in [2.24, 2.45) is 5.92 Å². The summed E-state index contributed by atoms with van der Waals surface area (Å²) in [6, 6.07) is 9.59. The van der Waals surface area contributed by atoms with Crippen LogP contribution in [0.3, 0.4) is 0 Å². The van der Waals surface area contributed by atoms with Crippen molar-refractivity contribution in [2.45, 2.75) is 44.7 Å². The molecule has 1 N–H and O–H groups in total. The maximum absolute atomic E-state index is 3.84. The van der Waals surface area contributed by atoms with E-state index in [-0.39, 0.29) is 0 Å². The topological polar surface area (TPSA) is 18.5 Å². The number of hydrogen-bond donors (Lipinski definition) is 1. The number of hydrogen-bond acceptors (Lipinski definition) is 3. The number of piperazine rings is 1. The van der Waals surface area contributed by atoms with E-state index >= 15 is 0 Å². The van der Waals surface area contributed by atoms with Gasteiger partial charge in [0.25, 0.3) is 0 Å². The summed E-state index contributed by atoms with van der Waals surface area (Å²) in [5, 5.41) is 3.84. The number of benzene rings is 1. The summed E-state index contributed by atoms with van der Waals surface area (Å²) < 4.78 is 0. The van der Waals surface area contributed by atoms with Crippen LogP contribution in [0.4, 0.5) is 11.4 Å². The molecule has 0 radical (unpaired) electrons. The molecule has 116 valence electrons. The molecule has 0 bridgehead atoms. The summed E-state index contributed by atoms with van der Waals surface area (Å²) in [5.41, 5.74) is 2.95. The first-order chi connectivity index (χ1) is 10.0. The van der Waals surface area contributed by atoms with Crippen LogP contribution in [0.5, 0.6) is 0 Å². The Morgan fingerprint density at radius 3 is 2.71 bits per heavy atom. The van der Waals surface area contributed by atoms with Crippen LogP contribution in [-0.4, -0.2) is 38.8 Å². The molecule has 1 aliphatic carbocycles. The molecule has 0 amide bonds. The standard InChI is InChI=1S/C18H29N3/c1-5-15-12-19-18(2,14-9-10-14)13-21(15)17-8-6-7-16(11-17)20(3)4/h6-8,11,14-15,19H,5,9-10,12-13H2,1-4H3. The van der Waals surface area contributed by atoms with E-state index in [4.69, 9.17) is 0 Å². The molecule has 1 aromatic rings. The SMILES string of the molecule is CCC1CNC(C)(C2CC2)CN1c1cccc(N(C)C)c1. The molecule has 0 spiro atoms. The molecule has 2 aliphatic rings. The number of anilines is 2. The van der Waals surface area contributed by atoms with E-state index in [1.54, 1.807) is 0 Å². The van der Waals surface area contributed by atoms with Crippen LogP contribution in [0, 0.1) is 5.92 Å². The third-order valence-electron chi connectivity index (χ3n) is 5.31. The molecule has 1 heterocycles. The highest BCUT2D eigenvalue weighted by Gasteiger charge is 2.45. The van der Waals surface area contributed by atoms with Gasteiger partial charge in [-0.25, -0.2) is 0 Å². The van der Waals surface area contributed by atoms with E-state index in [1.807, 2.05) is 0 Å². The monoisotopic (exact) mass is 287 g/mol. The third-order valence-corrected chi connectivity index (χ3v) is 5.31. The van der Waals surface area contributed by atoms with Gasteiger partial charge in [0.15, 0.2) is 0 Å². The van der Waals surface area contributed by atoms with E-state index in [2.05, 4.69) is 67.3 Å². The van der Waals surface area contributed by atoms with Crippen molar-refractivity contribution >= 4 is 11.4 Å². The van der Waals surface area contributed by atoms with Crippen molar-refractivity contribution in [3.8, 4) is 0 Å². The number of nitrogens with one attached hydrogen (secondary N) is 1. The molecule has 3 rings (SSSR count). The Kier molecular flexibility index (Phi) is 3.87. The molecule has 2 unspecified atom stereocenters. The Bertz CT molecular complexity index is 495. The Hall–Kier alpha value is -1.22. The van der Waals surface area contributed by atoms with Gasteiger partial charge < -0.3 is 15.1 Å². The van der Waals surface area contributed by atoms with Gasteiger partial charge in [-0.05, 0) is 50.3 Å². The van der Waals surface area contributed by atoms with E-state index in [0.29, 0.717) is 11.6 Å². The summed E-state index contributed by atoms with van der Waals surface area (Å²) in [5.74, 6) is 0.870. The molecular weight excluding hydrogens is 258 g/mol. The van der Waals surface area contributed by atoms with Gasteiger partial charge in [0.05, 0.1) is 0 Å². The first-order valence-electron chi connectivity index (χ1n) is 8.32. The molecule has 1 aliphatic heterocycles. The minimum absolute atomic E-state index is 0.291. The van der Waals surface area contributed by atoms with Crippen LogP contribution in [0.1, 0.15) is 33.1 Å².